The van der Waals surface area contributed by atoms with E-state index in [2.05, 4.69) is 5.32 Å². The Bertz CT molecular complexity index is 872. The number of anilines is 2. The Morgan fingerprint density at radius 3 is 2.38 bits per heavy atom. The largest absolute Gasteiger partial charge is 0.324 e. The maximum absolute atomic E-state index is 12.2. The molecule has 0 fully saturated rings. The predicted molar refractivity (Wildman–Crippen MR) is 98.7 cm³/mol. The molecule has 0 spiro atoms. The van der Waals surface area contributed by atoms with Gasteiger partial charge in [-0.25, -0.2) is 8.42 Å². The lowest BCUT2D eigenvalue weighted by molar-refractivity contribution is -0.114. The fourth-order valence-corrected chi connectivity index (χ4v) is 3.27. The molecule has 1 N–H and O–H groups in total. The molecule has 0 radical (unpaired) electrons. The van der Waals surface area contributed by atoms with Crippen LogP contribution in [0.15, 0.2) is 42.5 Å². The minimum absolute atomic E-state index is 0.282. The second kappa shape index (κ2) is 7.61. The maximum Gasteiger partial charge on any atom is 0.245 e. The van der Waals surface area contributed by atoms with Crippen molar-refractivity contribution in [3.8, 4) is 0 Å². The molecular weight excluding hydrogens is 395 g/mol. The standard InChI is InChI=1S/C15H13Cl3N2O3S/c1-24(22,23)20(12-4-2-3-10(16)7-12)9-15(21)19-11-5-6-13(17)14(18)8-11/h2-8H,9H2,1H3,(H,19,21). The summed E-state index contributed by atoms with van der Waals surface area (Å²) in [5.74, 6) is -0.529. The van der Waals surface area contributed by atoms with Gasteiger partial charge in [0.2, 0.25) is 15.9 Å². The zero-order chi connectivity index (χ0) is 17.9. The van der Waals surface area contributed by atoms with E-state index >= 15 is 0 Å². The lowest BCUT2D eigenvalue weighted by Crippen LogP contribution is -2.37. The molecule has 0 aliphatic heterocycles. The number of halogens is 3. The summed E-state index contributed by atoms with van der Waals surface area (Å²) in [6.07, 6.45) is 1.01. The minimum atomic E-state index is -3.67. The third-order valence-corrected chi connectivity index (χ3v) is 5.10. The minimum Gasteiger partial charge on any atom is -0.324 e. The fraction of sp³-hybridized carbons (Fsp3) is 0.133. The van der Waals surface area contributed by atoms with Crippen molar-refractivity contribution < 1.29 is 13.2 Å². The van der Waals surface area contributed by atoms with E-state index in [-0.39, 0.29) is 5.02 Å². The number of sulfonamides is 1. The Hall–Kier alpha value is -1.47. The van der Waals surface area contributed by atoms with Crippen LogP contribution in [0.1, 0.15) is 0 Å². The number of rotatable bonds is 5. The molecular formula is C15H13Cl3N2O3S. The molecule has 0 bridgehead atoms. The first-order valence-electron chi connectivity index (χ1n) is 6.65. The SMILES string of the molecule is CS(=O)(=O)N(CC(=O)Nc1ccc(Cl)c(Cl)c1)c1cccc(Cl)c1. The van der Waals surface area contributed by atoms with Gasteiger partial charge >= 0.3 is 0 Å². The van der Waals surface area contributed by atoms with Crippen molar-refractivity contribution in [3.63, 3.8) is 0 Å². The van der Waals surface area contributed by atoms with Crippen LogP contribution in [0.2, 0.25) is 15.1 Å². The van der Waals surface area contributed by atoms with Crippen molar-refractivity contribution in [2.75, 3.05) is 22.4 Å². The van der Waals surface area contributed by atoms with Crippen molar-refractivity contribution in [1.29, 1.82) is 0 Å². The summed E-state index contributed by atoms with van der Waals surface area (Å²) < 4.78 is 25.0. The summed E-state index contributed by atoms with van der Waals surface area (Å²) in [4.78, 5) is 12.2. The first-order valence-corrected chi connectivity index (χ1v) is 9.63. The van der Waals surface area contributed by atoms with Crippen molar-refractivity contribution in [2.45, 2.75) is 0 Å². The topological polar surface area (TPSA) is 66.5 Å². The van der Waals surface area contributed by atoms with Gasteiger partial charge in [0.25, 0.3) is 0 Å². The van der Waals surface area contributed by atoms with E-state index in [1.165, 1.54) is 18.2 Å². The van der Waals surface area contributed by atoms with Gasteiger partial charge in [-0.15, -0.1) is 0 Å². The highest BCUT2D eigenvalue weighted by Gasteiger charge is 2.21. The van der Waals surface area contributed by atoms with E-state index in [1.54, 1.807) is 24.3 Å². The first kappa shape index (κ1) is 18.9. The monoisotopic (exact) mass is 406 g/mol. The molecule has 2 aromatic carbocycles. The molecule has 0 aliphatic rings. The molecule has 0 aromatic heterocycles. The molecule has 128 valence electrons. The van der Waals surface area contributed by atoms with Gasteiger partial charge in [0, 0.05) is 10.7 Å². The number of benzene rings is 2. The zero-order valence-electron chi connectivity index (χ0n) is 12.5. The van der Waals surface area contributed by atoms with Crippen LogP contribution < -0.4 is 9.62 Å². The van der Waals surface area contributed by atoms with Crippen LogP contribution in [-0.2, 0) is 14.8 Å². The van der Waals surface area contributed by atoms with Crippen molar-refractivity contribution in [2.24, 2.45) is 0 Å². The Morgan fingerprint density at radius 2 is 1.79 bits per heavy atom. The van der Waals surface area contributed by atoms with Crippen molar-refractivity contribution in [1.82, 2.24) is 0 Å². The highest BCUT2D eigenvalue weighted by Crippen LogP contribution is 2.25. The van der Waals surface area contributed by atoms with Crippen LogP contribution in [0.5, 0.6) is 0 Å². The number of carbonyl (C=O) groups is 1. The van der Waals surface area contributed by atoms with Gasteiger partial charge in [-0.2, -0.15) is 0 Å². The van der Waals surface area contributed by atoms with E-state index < -0.39 is 22.5 Å². The van der Waals surface area contributed by atoms with Crippen LogP contribution >= 0.6 is 34.8 Å². The van der Waals surface area contributed by atoms with Gasteiger partial charge in [-0.1, -0.05) is 40.9 Å². The average Bonchev–Trinajstić information content (AvgIpc) is 2.47. The quantitative estimate of drug-likeness (QED) is 0.813. The molecule has 5 nitrogen and oxygen atoms in total. The lowest BCUT2D eigenvalue weighted by atomic mass is 10.3. The van der Waals surface area contributed by atoms with Gasteiger partial charge in [-0.05, 0) is 36.4 Å². The molecule has 0 atom stereocenters. The summed E-state index contributed by atoms with van der Waals surface area (Å²) in [5, 5.41) is 3.58. The lowest BCUT2D eigenvalue weighted by Gasteiger charge is -2.22. The van der Waals surface area contributed by atoms with E-state index in [1.807, 2.05) is 0 Å². The summed E-state index contributed by atoms with van der Waals surface area (Å²) in [6.45, 7) is -0.403. The van der Waals surface area contributed by atoms with Gasteiger partial charge in [0.1, 0.15) is 6.54 Å². The molecule has 0 heterocycles. The highest BCUT2D eigenvalue weighted by molar-refractivity contribution is 7.92. The molecule has 0 aliphatic carbocycles. The van der Waals surface area contributed by atoms with Gasteiger partial charge in [0.15, 0.2) is 0 Å². The third-order valence-electron chi connectivity index (χ3n) is 2.99. The molecule has 1 amide bonds. The highest BCUT2D eigenvalue weighted by atomic mass is 35.5. The Labute approximate surface area is 155 Å². The summed E-state index contributed by atoms with van der Waals surface area (Å²) in [7, 11) is -3.67. The van der Waals surface area contributed by atoms with Crippen LogP contribution in [0.25, 0.3) is 0 Å². The number of hydrogen-bond donors (Lipinski definition) is 1. The number of carbonyl (C=O) groups excluding carboxylic acids is 1. The summed E-state index contributed by atoms with van der Waals surface area (Å²) in [5.41, 5.74) is 0.711. The van der Waals surface area contributed by atoms with Crippen molar-refractivity contribution in [3.05, 3.63) is 57.5 Å². The van der Waals surface area contributed by atoms with Gasteiger partial charge in [0.05, 0.1) is 22.0 Å². The second-order valence-corrected chi connectivity index (χ2v) is 8.08. The maximum atomic E-state index is 12.2. The van der Waals surface area contributed by atoms with Crippen LogP contribution in [-0.4, -0.2) is 27.1 Å². The normalized spacial score (nSPS) is 11.2. The number of hydrogen-bond acceptors (Lipinski definition) is 3. The molecule has 2 aromatic rings. The van der Waals surface area contributed by atoms with Crippen LogP contribution in [0.4, 0.5) is 11.4 Å². The molecule has 0 unspecified atom stereocenters. The van der Waals surface area contributed by atoms with Crippen LogP contribution in [0, 0.1) is 0 Å². The Kier molecular flexibility index (Phi) is 5.98. The smallest absolute Gasteiger partial charge is 0.245 e. The Morgan fingerprint density at radius 1 is 1.08 bits per heavy atom. The van der Waals surface area contributed by atoms with E-state index in [4.69, 9.17) is 34.8 Å². The van der Waals surface area contributed by atoms with Crippen LogP contribution in [0.3, 0.4) is 0 Å². The molecule has 24 heavy (non-hydrogen) atoms. The fourth-order valence-electron chi connectivity index (χ4n) is 1.94. The van der Waals surface area contributed by atoms with Gasteiger partial charge < -0.3 is 5.32 Å². The Balaban J connectivity index is 2.20. The van der Waals surface area contributed by atoms with E-state index in [0.29, 0.717) is 21.4 Å². The molecule has 0 saturated heterocycles. The number of nitrogens with one attached hydrogen (secondary N) is 1. The van der Waals surface area contributed by atoms with E-state index in [9.17, 15) is 13.2 Å². The average molecular weight is 408 g/mol. The van der Waals surface area contributed by atoms with Crippen molar-refractivity contribution >= 4 is 62.1 Å². The third kappa shape index (κ3) is 5.01. The number of amides is 1. The summed E-state index contributed by atoms with van der Waals surface area (Å²) in [6, 6.07) is 10.8. The number of nitrogens with zero attached hydrogens (tertiary/aromatic N) is 1. The molecule has 2 rings (SSSR count). The predicted octanol–water partition coefficient (Wildman–Crippen LogP) is 4.05. The molecule has 0 saturated carbocycles. The van der Waals surface area contributed by atoms with E-state index in [0.717, 1.165) is 10.6 Å². The summed E-state index contributed by atoms with van der Waals surface area (Å²) >= 11 is 17.6. The first-order chi connectivity index (χ1) is 11.2. The van der Waals surface area contributed by atoms with Gasteiger partial charge in [-0.3, -0.25) is 9.10 Å². The molecule has 9 heteroatoms. The zero-order valence-corrected chi connectivity index (χ0v) is 15.5. The second-order valence-electron chi connectivity index (χ2n) is 4.93.